The lowest BCUT2D eigenvalue weighted by molar-refractivity contribution is -0.136. The van der Waals surface area contributed by atoms with Crippen LogP contribution >= 0.6 is 0 Å². The third-order valence-corrected chi connectivity index (χ3v) is 4.67. The minimum absolute atomic E-state index is 0.0528. The van der Waals surface area contributed by atoms with Crippen LogP contribution in [0.4, 0.5) is 0 Å². The van der Waals surface area contributed by atoms with Crippen LogP contribution in [0.15, 0.2) is 30.5 Å². The number of likely N-dealkylation sites (tertiary alicyclic amines) is 1. The molecule has 22 heavy (non-hydrogen) atoms. The Morgan fingerprint density at radius 2 is 2.18 bits per heavy atom. The quantitative estimate of drug-likeness (QED) is 0.912. The summed E-state index contributed by atoms with van der Waals surface area (Å²) in [6, 6.07) is 8.10. The molecular formula is C18H24N2O2. The van der Waals surface area contributed by atoms with Gasteiger partial charge >= 0.3 is 0 Å². The first-order valence-electron chi connectivity index (χ1n) is 8.03. The molecule has 1 saturated heterocycles. The summed E-state index contributed by atoms with van der Waals surface area (Å²) in [6.07, 6.45) is 5.09. The number of hydrogen-bond donors (Lipinski definition) is 2. The van der Waals surface area contributed by atoms with E-state index in [0.29, 0.717) is 6.42 Å². The number of amides is 1. The monoisotopic (exact) mass is 300 g/mol. The third-order valence-electron chi connectivity index (χ3n) is 4.67. The molecule has 2 heterocycles. The Bertz CT molecular complexity index is 669. The van der Waals surface area contributed by atoms with E-state index < -0.39 is 5.60 Å². The Balaban J connectivity index is 1.67. The number of fused-ring (bicyclic) bond motifs is 1. The molecule has 118 valence electrons. The van der Waals surface area contributed by atoms with Crippen molar-refractivity contribution in [3.05, 3.63) is 36.0 Å². The van der Waals surface area contributed by atoms with Gasteiger partial charge in [-0.25, -0.2) is 0 Å². The minimum atomic E-state index is -0.826. The molecular weight excluding hydrogens is 276 g/mol. The van der Waals surface area contributed by atoms with E-state index in [1.54, 1.807) is 13.8 Å². The fourth-order valence-electron chi connectivity index (χ4n) is 3.52. The molecule has 1 unspecified atom stereocenters. The number of carbonyl (C=O) groups is 1. The summed E-state index contributed by atoms with van der Waals surface area (Å²) in [5, 5.41) is 11.4. The molecule has 4 heteroatoms. The first kappa shape index (κ1) is 15.1. The highest BCUT2D eigenvalue weighted by Gasteiger charge is 2.38. The molecule has 2 N–H and O–H groups in total. The van der Waals surface area contributed by atoms with Gasteiger partial charge < -0.3 is 15.0 Å². The van der Waals surface area contributed by atoms with Crippen LogP contribution in [0.1, 0.15) is 38.7 Å². The highest BCUT2D eigenvalue weighted by atomic mass is 16.3. The maximum Gasteiger partial charge on any atom is 0.223 e. The fourth-order valence-corrected chi connectivity index (χ4v) is 3.52. The Morgan fingerprint density at radius 1 is 1.41 bits per heavy atom. The Morgan fingerprint density at radius 3 is 2.95 bits per heavy atom. The summed E-state index contributed by atoms with van der Waals surface area (Å²) in [7, 11) is 0. The number of hydrogen-bond acceptors (Lipinski definition) is 2. The van der Waals surface area contributed by atoms with Gasteiger partial charge in [-0.2, -0.15) is 0 Å². The van der Waals surface area contributed by atoms with Gasteiger partial charge in [0.25, 0.3) is 0 Å². The second kappa shape index (κ2) is 5.76. The number of rotatable bonds is 4. The number of nitrogens with zero attached hydrogens (tertiary/aromatic N) is 1. The lowest BCUT2D eigenvalue weighted by Gasteiger charge is -2.33. The number of carbonyl (C=O) groups excluding carboxylic acids is 1. The molecule has 2 aromatic rings. The highest BCUT2D eigenvalue weighted by molar-refractivity contribution is 5.84. The van der Waals surface area contributed by atoms with Crippen molar-refractivity contribution < 1.29 is 9.90 Å². The second-order valence-corrected chi connectivity index (χ2v) is 6.76. The van der Waals surface area contributed by atoms with Gasteiger partial charge in [0, 0.05) is 30.1 Å². The van der Waals surface area contributed by atoms with E-state index in [1.807, 2.05) is 29.3 Å². The standard InChI is InChI=1S/C18H24N2O2/c1-18(2,22)16-8-5-11-20(16)17(21)10-9-13-12-19-15-7-4-3-6-14(13)15/h3-4,6-7,12,16,19,22H,5,8-11H2,1-2H3. The summed E-state index contributed by atoms with van der Waals surface area (Å²) < 4.78 is 0. The lowest BCUT2D eigenvalue weighted by atomic mass is 9.96. The Hall–Kier alpha value is -1.81. The number of benzene rings is 1. The van der Waals surface area contributed by atoms with Crippen LogP contribution in [0.2, 0.25) is 0 Å². The first-order valence-corrected chi connectivity index (χ1v) is 8.03. The van der Waals surface area contributed by atoms with Gasteiger partial charge in [-0.3, -0.25) is 4.79 Å². The van der Waals surface area contributed by atoms with Gasteiger partial charge in [0.2, 0.25) is 5.91 Å². The molecule has 1 atom stereocenters. The van der Waals surface area contributed by atoms with Crippen molar-refractivity contribution in [3.63, 3.8) is 0 Å². The van der Waals surface area contributed by atoms with Crippen LogP contribution < -0.4 is 0 Å². The molecule has 1 aliphatic rings. The average molecular weight is 300 g/mol. The molecule has 1 fully saturated rings. The van der Waals surface area contributed by atoms with Crippen LogP contribution in [0.5, 0.6) is 0 Å². The molecule has 4 nitrogen and oxygen atoms in total. The molecule has 0 saturated carbocycles. The van der Waals surface area contributed by atoms with Gasteiger partial charge in [-0.15, -0.1) is 0 Å². The highest BCUT2D eigenvalue weighted by Crippen LogP contribution is 2.28. The topological polar surface area (TPSA) is 56.3 Å². The van der Waals surface area contributed by atoms with E-state index in [-0.39, 0.29) is 11.9 Å². The van der Waals surface area contributed by atoms with Gasteiger partial charge in [0.05, 0.1) is 11.6 Å². The van der Waals surface area contributed by atoms with Gasteiger partial charge in [-0.05, 0) is 44.7 Å². The summed E-state index contributed by atoms with van der Waals surface area (Å²) in [4.78, 5) is 17.7. The van der Waals surface area contributed by atoms with Crippen LogP contribution in [0, 0.1) is 0 Å². The third kappa shape index (κ3) is 2.88. The van der Waals surface area contributed by atoms with E-state index in [0.717, 1.165) is 31.3 Å². The average Bonchev–Trinajstić information content (AvgIpc) is 3.11. The predicted octanol–water partition coefficient (Wildman–Crippen LogP) is 2.86. The molecule has 1 aromatic heterocycles. The number of H-pyrrole nitrogens is 1. The van der Waals surface area contributed by atoms with E-state index in [2.05, 4.69) is 11.1 Å². The minimum Gasteiger partial charge on any atom is -0.388 e. The van der Waals surface area contributed by atoms with Crippen LogP contribution in [0.25, 0.3) is 10.9 Å². The zero-order valence-corrected chi connectivity index (χ0v) is 13.3. The van der Waals surface area contributed by atoms with E-state index in [1.165, 1.54) is 10.9 Å². The van der Waals surface area contributed by atoms with E-state index in [9.17, 15) is 9.90 Å². The molecule has 0 aliphatic carbocycles. The number of aromatic amines is 1. The summed E-state index contributed by atoms with van der Waals surface area (Å²) in [5.74, 6) is 0.148. The van der Waals surface area contributed by atoms with Crippen LogP contribution in [-0.4, -0.2) is 39.1 Å². The predicted molar refractivity (Wildman–Crippen MR) is 87.7 cm³/mol. The SMILES string of the molecule is CC(C)(O)C1CCCN1C(=O)CCc1c[nH]c2ccccc12. The Kier molecular flexibility index (Phi) is 3.96. The molecule has 1 aliphatic heterocycles. The Labute approximate surface area is 131 Å². The second-order valence-electron chi connectivity index (χ2n) is 6.76. The van der Waals surface area contributed by atoms with Crippen molar-refractivity contribution in [1.29, 1.82) is 0 Å². The maximum atomic E-state index is 12.5. The fraction of sp³-hybridized carbons (Fsp3) is 0.500. The zero-order chi connectivity index (χ0) is 15.7. The normalized spacial score (nSPS) is 19.0. The van der Waals surface area contributed by atoms with Crippen molar-refractivity contribution in [2.45, 2.75) is 51.2 Å². The number of aliphatic hydroxyl groups is 1. The van der Waals surface area contributed by atoms with Gasteiger partial charge in [0.15, 0.2) is 0 Å². The van der Waals surface area contributed by atoms with Crippen molar-refractivity contribution in [2.24, 2.45) is 0 Å². The lowest BCUT2D eigenvalue weighted by Crippen LogP contribution is -2.48. The molecule has 0 radical (unpaired) electrons. The van der Waals surface area contributed by atoms with Crippen molar-refractivity contribution in [1.82, 2.24) is 9.88 Å². The molecule has 0 bridgehead atoms. The largest absolute Gasteiger partial charge is 0.388 e. The first-order chi connectivity index (χ1) is 10.5. The van der Waals surface area contributed by atoms with Crippen molar-refractivity contribution in [3.8, 4) is 0 Å². The molecule has 1 amide bonds. The van der Waals surface area contributed by atoms with Crippen molar-refractivity contribution in [2.75, 3.05) is 6.54 Å². The van der Waals surface area contributed by atoms with Crippen molar-refractivity contribution >= 4 is 16.8 Å². The maximum absolute atomic E-state index is 12.5. The summed E-state index contributed by atoms with van der Waals surface area (Å²) in [6.45, 7) is 4.35. The zero-order valence-electron chi connectivity index (χ0n) is 13.3. The number of aryl methyl sites for hydroxylation is 1. The summed E-state index contributed by atoms with van der Waals surface area (Å²) in [5.41, 5.74) is 1.47. The summed E-state index contributed by atoms with van der Waals surface area (Å²) >= 11 is 0. The van der Waals surface area contributed by atoms with E-state index >= 15 is 0 Å². The number of nitrogens with one attached hydrogen (secondary N) is 1. The smallest absolute Gasteiger partial charge is 0.223 e. The van der Waals surface area contributed by atoms with E-state index in [4.69, 9.17) is 0 Å². The molecule has 0 spiro atoms. The molecule has 1 aromatic carbocycles. The number of aromatic nitrogens is 1. The van der Waals surface area contributed by atoms with Gasteiger partial charge in [0.1, 0.15) is 0 Å². The molecule has 3 rings (SSSR count). The van der Waals surface area contributed by atoms with Gasteiger partial charge in [-0.1, -0.05) is 18.2 Å². The van der Waals surface area contributed by atoms with Crippen LogP contribution in [-0.2, 0) is 11.2 Å². The van der Waals surface area contributed by atoms with Crippen LogP contribution in [0.3, 0.4) is 0 Å². The number of para-hydroxylation sites is 1.